The zero-order valence-electron chi connectivity index (χ0n) is 16.7. The molecule has 1 N–H and O–H groups in total. The van der Waals surface area contributed by atoms with Crippen LogP contribution in [0.2, 0.25) is 0 Å². The second kappa shape index (κ2) is 13.0. The number of hydrogen-bond acceptors (Lipinski definition) is 4. The summed E-state index contributed by atoms with van der Waals surface area (Å²) < 4.78 is 38.9. The Morgan fingerprint density at radius 3 is 2.25 bits per heavy atom. The van der Waals surface area contributed by atoms with Crippen LogP contribution in [-0.4, -0.2) is 13.0 Å². The van der Waals surface area contributed by atoms with Crippen molar-refractivity contribution < 1.29 is 74.2 Å². The van der Waals surface area contributed by atoms with Crippen LogP contribution >= 0.6 is 0 Å². The van der Waals surface area contributed by atoms with Crippen LogP contribution in [0.1, 0.15) is 57.4 Å². The molecular weight excluding hydrogens is 403 g/mol. The van der Waals surface area contributed by atoms with E-state index in [1.807, 2.05) is 0 Å². The van der Waals surface area contributed by atoms with Gasteiger partial charge in [0.05, 0.1) is 0 Å². The Kier molecular flexibility index (Phi) is 11.9. The van der Waals surface area contributed by atoms with Crippen LogP contribution in [0.5, 0.6) is 17.2 Å². The molecule has 0 unspecified atom stereocenters. The van der Waals surface area contributed by atoms with Gasteiger partial charge >= 0.3 is 51.4 Å². The quantitative estimate of drug-likeness (QED) is 0.335. The maximum Gasteiger partial charge on any atom is 1.00 e. The van der Waals surface area contributed by atoms with E-state index in [-0.39, 0.29) is 62.0 Å². The van der Waals surface area contributed by atoms with Crippen molar-refractivity contribution in [2.45, 2.75) is 63.2 Å². The molecule has 0 amide bonds. The van der Waals surface area contributed by atoms with Crippen LogP contribution in [0, 0.1) is 0 Å². The van der Waals surface area contributed by atoms with Crippen molar-refractivity contribution in [2.75, 3.05) is 0 Å². The molecule has 0 aliphatic heterocycles. The van der Waals surface area contributed by atoms with Crippen LogP contribution in [0.15, 0.2) is 47.4 Å². The van der Waals surface area contributed by atoms with Crippen molar-refractivity contribution >= 4 is 10.1 Å². The van der Waals surface area contributed by atoms with Crippen LogP contribution in [0.4, 0.5) is 0 Å². The van der Waals surface area contributed by atoms with E-state index in [1.165, 1.54) is 49.9 Å². The van der Waals surface area contributed by atoms with Crippen molar-refractivity contribution in [3.63, 3.8) is 0 Å². The van der Waals surface area contributed by atoms with Gasteiger partial charge in [0.25, 0.3) is 10.1 Å². The van der Waals surface area contributed by atoms with Gasteiger partial charge in [-0.05, 0) is 37.1 Å². The summed E-state index contributed by atoms with van der Waals surface area (Å²) in [4.78, 5) is -0.135. The molecule has 0 spiro atoms. The standard InChI is InChI=1S/C21H28O5S.K/c1-2-3-4-5-6-7-8-13-19-20(14-10-15-21(19)27(23,24)25)26-18-12-9-11-17(22)16-18;/h9-12,14-16,22H,2-8,13H2,1H3,(H,23,24,25);/q;+1/p-1. The zero-order chi connectivity index (χ0) is 19.7. The minimum absolute atomic E-state index is 0. The van der Waals surface area contributed by atoms with E-state index in [0.717, 1.165) is 19.3 Å². The van der Waals surface area contributed by atoms with Crippen molar-refractivity contribution in [3.8, 4) is 17.2 Å². The summed E-state index contributed by atoms with van der Waals surface area (Å²) in [5.41, 5.74) is 0.449. The number of ether oxygens (including phenoxy) is 1. The Morgan fingerprint density at radius 1 is 0.964 bits per heavy atom. The Labute approximate surface area is 210 Å². The number of hydrogen-bond donors (Lipinski definition) is 1. The molecule has 2 aromatic carbocycles. The van der Waals surface area contributed by atoms with Gasteiger partial charge < -0.3 is 9.84 Å². The number of benzene rings is 2. The molecule has 0 saturated heterocycles. The third-order valence-electron chi connectivity index (χ3n) is 4.43. The fourth-order valence-corrected chi connectivity index (χ4v) is 3.82. The topological polar surface area (TPSA) is 86.7 Å². The molecule has 0 aliphatic rings. The van der Waals surface area contributed by atoms with E-state index in [1.54, 1.807) is 18.2 Å². The molecule has 0 heterocycles. The first-order valence-corrected chi connectivity index (χ1v) is 10.9. The van der Waals surface area contributed by atoms with Crippen LogP contribution in [-0.2, 0) is 16.5 Å². The normalized spacial score (nSPS) is 11.1. The predicted octanol–water partition coefficient (Wildman–Crippen LogP) is 2.10. The third-order valence-corrected chi connectivity index (χ3v) is 5.37. The Bertz CT molecular complexity index is 836. The summed E-state index contributed by atoms with van der Waals surface area (Å²) in [5, 5.41) is 11.5. The van der Waals surface area contributed by atoms with Gasteiger partial charge in [-0.2, -0.15) is 8.42 Å². The van der Waals surface area contributed by atoms with Crippen molar-refractivity contribution in [1.29, 1.82) is 0 Å². The van der Waals surface area contributed by atoms with Crippen LogP contribution in [0.3, 0.4) is 0 Å². The van der Waals surface area contributed by atoms with Gasteiger partial charge in [0.2, 0.25) is 0 Å². The fourth-order valence-electron chi connectivity index (χ4n) is 3.05. The van der Waals surface area contributed by atoms with Gasteiger partial charge in [0, 0.05) is 5.56 Å². The van der Waals surface area contributed by atoms with Gasteiger partial charge in [0.15, 0.2) is 0 Å². The van der Waals surface area contributed by atoms with Gasteiger partial charge in [-0.3, -0.25) is 4.55 Å². The maximum absolute atomic E-state index is 11.8. The van der Waals surface area contributed by atoms with Crippen LogP contribution < -0.4 is 61.2 Å². The van der Waals surface area contributed by atoms with Crippen molar-refractivity contribution in [2.24, 2.45) is 0 Å². The SMILES string of the molecule is CCCCCCCCCc1c(Oc2cccc([O-])c2)cccc1S(=O)(=O)O.[K+]. The van der Waals surface area contributed by atoms with E-state index in [0.29, 0.717) is 23.5 Å². The molecule has 2 aromatic rings. The van der Waals surface area contributed by atoms with Crippen LogP contribution in [0.25, 0.3) is 0 Å². The molecule has 5 nitrogen and oxygen atoms in total. The Morgan fingerprint density at radius 2 is 1.61 bits per heavy atom. The summed E-state index contributed by atoms with van der Waals surface area (Å²) in [5.74, 6) is 0.504. The summed E-state index contributed by atoms with van der Waals surface area (Å²) in [6, 6.07) is 10.5. The first kappa shape index (κ1) is 25.6. The largest absolute Gasteiger partial charge is 1.00 e. The summed E-state index contributed by atoms with van der Waals surface area (Å²) in [6.07, 6.45) is 8.20. The molecule has 0 radical (unpaired) electrons. The van der Waals surface area contributed by atoms with E-state index in [2.05, 4.69) is 6.92 Å². The van der Waals surface area contributed by atoms with E-state index in [4.69, 9.17) is 4.74 Å². The number of unbranched alkanes of at least 4 members (excludes halogenated alkanes) is 6. The molecule has 148 valence electrons. The summed E-state index contributed by atoms with van der Waals surface area (Å²) >= 11 is 0. The molecular formula is C21H27KO5S. The van der Waals surface area contributed by atoms with E-state index >= 15 is 0 Å². The molecule has 0 fully saturated rings. The molecule has 2 rings (SSSR count). The van der Waals surface area contributed by atoms with Gasteiger partial charge in [-0.1, -0.05) is 63.6 Å². The molecule has 28 heavy (non-hydrogen) atoms. The average Bonchev–Trinajstić information content (AvgIpc) is 2.61. The molecule has 0 bridgehead atoms. The van der Waals surface area contributed by atoms with Gasteiger partial charge in [-0.15, -0.1) is 5.75 Å². The van der Waals surface area contributed by atoms with Crippen molar-refractivity contribution in [1.82, 2.24) is 0 Å². The Hall–Kier alpha value is -0.414. The minimum atomic E-state index is -4.35. The molecule has 0 saturated carbocycles. The number of rotatable bonds is 11. The summed E-state index contributed by atoms with van der Waals surface area (Å²) in [7, 11) is -4.35. The monoisotopic (exact) mass is 430 g/mol. The first-order valence-electron chi connectivity index (χ1n) is 9.46. The minimum Gasteiger partial charge on any atom is -0.872 e. The molecule has 0 aromatic heterocycles. The first-order chi connectivity index (χ1) is 12.9. The second-order valence-electron chi connectivity index (χ2n) is 6.66. The van der Waals surface area contributed by atoms with E-state index in [9.17, 15) is 18.1 Å². The second-order valence-corrected chi connectivity index (χ2v) is 8.05. The summed E-state index contributed by atoms with van der Waals surface area (Å²) in [6.45, 7) is 2.18. The molecule has 0 atom stereocenters. The zero-order valence-corrected chi connectivity index (χ0v) is 20.6. The average molecular weight is 431 g/mol. The maximum atomic E-state index is 11.8. The molecule has 0 aliphatic carbocycles. The smallest absolute Gasteiger partial charge is 0.872 e. The Balaban J connectivity index is 0.00000392. The molecule has 7 heteroatoms. The van der Waals surface area contributed by atoms with Gasteiger partial charge in [-0.25, -0.2) is 0 Å². The predicted molar refractivity (Wildman–Crippen MR) is 104 cm³/mol. The van der Waals surface area contributed by atoms with Gasteiger partial charge in [0.1, 0.15) is 16.4 Å². The fraction of sp³-hybridized carbons (Fsp3) is 0.429. The van der Waals surface area contributed by atoms with Crippen molar-refractivity contribution in [3.05, 3.63) is 48.0 Å². The third kappa shape index (κ3) is 8.53. The van der Waals surface area contributed by atoms with E-state index < -0.39 is 10.1 Å².